The molecule has 13 rings (SSSR count). The molecule has 1 aromatic heterocycles. The Hall–Kier alpha value is -9.32. The van der Waals surface area contributed by atoms with Gasteiger partial charge >= 0.3 is 0 Å². The fourth-order valence-corrected chi connectivity index (χ4v) is 10.2. The number of fused-ring (bicyclic) bond motifs is 9. The van der Waals surface area contributed by atoms with Gasteiger partial charge in [0.05, 0.1) is 17.1 Å². The minimum Gasteiger partial charge on any atom is -0.457 e. The maximum Gasteiger partial charge on any atom is 0.159 e. The molecule has 0 amide bonds. The van der Waals surface area contributed by atoms with Gasteiger partial charge in [-0.15, -0.1) is 0 Å². The average Bonchev–Trinajstić information content (AvgIpc) is 3.80. The van der Waals surface area contributed by atoms with Crippen LogP contribution in [0.5, 0.6) is 17.2 Å². The van der Waals surface area contributed by atoms with E-state index in [1.54, 1.807) is 0 Å². The summed E-state index contributed by atoms with van der Waals surface area (Å²) in [6.07, 6.45) is 0. The summed E-state index contributed by atoms with van der Waals surface area (Å²) in [7, 11) is 0. The second-order valence-corrected chi connectivity index (χ2v) is 17.4. The van der Waals surface area contributed by atoms with Crippen LogP contribution in [0.3, 0.4) is 0 Å². The first kappa shape index (κ1) is 40.0. The Kier molecular flexibility index (Phi) is 9.41. The summed E-state index contributed by atoms with van der Waals surface area (Å²) in [5.74, 6) is 2.67. The van der Waals surface area contributed by atoms with E-state index in [0.29, 0.717) is 17.3 Å². The second-order valence-electron chi connectivity index (χ2n) is 17.4. The van der Waals surface area contributed by atoms with E-state index in [1.165, 1.54) is 0 Å². The van der Waals surface area contributed by atoms with Crippen LogP contribution in [0.1, 0.15) is 16.7 Å². The van der Waals surface area contributed by atoms with Gasteiger partial charge < -0.3 is 23.7 Å². The van der Waals surface area contributed by atoms with Gasteiger partial charge in [-0.2, -0.15) is 0 Å². The zero-order chi connectivity index (χ0) is 46.0. The quantitative estimate of drug-likeness (QED) is 0.152. The van der Waals surface area contributed by atoms with Crippen molar-refractivity contribution < 1.29 is 13.9 Å². The van der Waals surface area contributed by atoms with Crippen LogP contribution in [-0.4, -0.2) is 0 Å². The Morgan fingerprint density at radius 2 is 0.826 bits per heavy atom. The molecule has 5 nitrogen and oxygen atoms in total. The zero-order valence-corrected chi connectivity index (χ0v) is 37.5. The number of para-hydroxylation sites is 5. The van der Waals surface area contributed by atoms with E-state index in [1.807, 2.05) is 30.3 Å². The molecular weight excluding hydrogens is 845 g/mol. The molecule has 0 atom stereocenters. The van der Waals surface area contributed by atoms with Crippen molar-refractivity contribution in [2.24, 2.45) is 0 Å². The predicted molar refractivity (Wildman–Crippen MR) is 284 cm³/mol. The maximum absolute atomic E-state index is 6.93. The van der Waals surface area contributed by atoms with Crippen molar-refractivity contribution in [2.75, 3.05) is 9.80 Å². The van der Waals surface area contributed by atoms with E-state index in [9.17, 15) is 0 Å². The van der Waals surface area contributed by atoms with E-state index in [0.717, 1.165) is 117 Å². The minimum atomic E-state index is 0.531. The lowest BCUT2D eigenvalue weighted by atomic mass is 9.85. The molecule has 2 aliphatic heterocycles. The molecule has 11 aromatic rings. The second kappa shape index (κ2) is 16.2. The van der Waals surface area contributed by atoms with E-state index in [4.69, 9.17) is 20.5 Å². The number of nitrogens with zero attached hydrogens (tertiary/aromatic N) is 2. The molecule has 0 spiro atoms. The van der Waals surface area contributed by atoms with Gasteiger partial charge in [0.1, 0.15) is 28.6 Å². The smallest absolute Gasteiger partial charge is 0.159 e. The Balaban J connectivity index is 0.883. The number of hydrogen-bond acceptors (Lipinski definition) is 5. The zero-order valence-electron chi connectivity index (χ0n) is 37.5. The number of anilines is 6. The van der Waals surface area contributed by atoms with Gasteiger partial charge in [-0.25, -0.2) is 0 Å². The van der Waals surface area contributed by atoms with E-state index in [-0.39, 0.29) is 0 Å². The third-order valence-electron chi connectivity index (χ3n) is 13.4. The molecule has 0 aliphatic carbocycles. The highest BCUT2D eigenvalue weighted by atomic mass is 16.5. The predicted octanol–water partition coefficient (Wildman–Crippen LogP) is 18.1. The highest BCUT2D eigenvalue weighted by Crippen LogP contribution is 2.54. The van der Waals surface area contributed by atoms with Crippen molar-refractivity contribution in [3.63, 3.8) is 0 Å². The average molecular weight is 887 g/mol. The van der Waals surface area contributed by atoms with E-state index >= 15 is 0 Å². The Morgan fingerprint density at radius 3 is 1.51 bits per heavy atom. The number of rotatable bonds is 8. The lowest BCUT2D eigenvalue weighted by Crippen LogP contribution is -2.14. The van der Waals surface area contributed by atoms with Crippen LogP contribution in [0.15, 0.2) is 248 Å². The van der Waals surface area contributed by atoms with Crippen LogP contribution in [0.4, 0.5) is 34.1 Å². The molecule has 5 heteroatoms. The van der Waals surface area contributed by atoms with Crippen molar-refractivity contribution in [3.05, 3.63) is 260 Å². The van der Waals surface area contributed by atoms with Gasteiger partial charge in [-0.3, -0.25) is 0 Å². The molecule has 0 saturated heterocycles. The molecule has 0 N–H and O–H groups in total. The fraction of sp³-hybridized carbons (Fsp3) is 0. The number of benzene rings is 10. The van der Waals surface area contributed by atoms with Gasteiger partial charge in [0.15, 0.2) is 5.58 Å². The summed E-state index contributed by atoms with van der Waals surface area (Å²) in [5.41, 5.74) is 17.4. The fourth-order valence-electron chi connectivity index (χ4n) is 10.2. The van der Waals surface area contributed by atoms with Crippen molar-refractivity contribution >= 4 is 67.4 Å². The Morgan fingerprint density at radius 1 is 0.319 bits per heavy atom. The summed E-state index contributed by atoms with van der Waals surface area (Å²) < 4.78 is 20.6. The first-order valence-electron chi connectivity index (χ1n) is 23.1. The van der Waals surface area contributed by atoms with Crippen LogP contribution >= 0.6 is 0 Å². The van der Waals surface area contributed by atoms with Crippen LogP contribution in [0, 0.1) is 0 Å². The maximum atomic E-state index is 6.93. The van der Waals surface area contributed by atoms with Crippen molar-refractivity contribution in [2.45, 2.75) is 0 Å². The molecule has 0 bridgehead atoms. The Labute approximate surface area is 400 Å². The molecule has 0 saturated carbocycles. The number of furan rings is 1. The molecule has 69 heavy (non-hydrogen) atoms. The van der Waals surface area contributed by atoms with Crippen molar-refractivity contribution in [1.82, 2.24) is 0 Å². The summed E-state index contributed by atoms with van der Waals surface area (Å²) in [6, 6.07) is 80.0. The van der Waals surface area contributed by atoms with E-state index < -0.39 is 0 Å². The first-order valence-corrected chi connectivity index (χ1v) is 23.1. The lowest BCUT2D eigenvalue weighted by Gasteiger charge is -2.32. The first-order chi connectivity index (χ1) is 34.1. The highest BCUT2D eigenvalue weighted by Gasteiger charge is 2.33. The Bertz CT molecular complexity index is 3820. The molecule has 326 valence electrons. The largest absolute Gasteiger partial charge is 0.457 e. The monoisotopic (exact) mass is 886 g/mol. The number of hydrogen-bond donors (Lipinski definition) is 0. The molecule has 3 heterocycles. The molecule has 10 aromatic carbocycles. The molecule has 0 fully saturated rings. The molecule has 0 radical (unpaired) electrons. The molecule has 2 aliphatic rings. The summed E-state index contributed by atoms with van der Waals surface area (Å²) in [4.78, 5) is 4.53. The topological polar surface area (TPSA) is 38.1 Å². The SMILES string of the molecule is C=C1c2ccc(N(c3ccccc3)c3ccccc3-c3ccccc3)cc2Oc2ccc3c(c21)C(=C)Oc1cc(N(c2ccccc2)c2cccc4c2oc2c(-c5ccccc5)cccc24)ccc1-3. The van der Waals surface area contributed by atoms with Crippen LogP contribution in [-0.2, 0) is 0 Å². The van der Waals surface area contributed by atoms with Crippen LogP contribution in [0.25, 0.3) is 66.7 Å². The summed E-state index contributed by atoms with van der Waals surface area (Å²) in [6.45, 7) is 9.23. The summed E-state index contributed by atoms with van der Waals surface area (Å²) in [5, 5.41) is 2.11. The summed E-state index contributed by atoms with van der Waals surface area (Å²) >= 11 is 0. The highest BCUT2D eigenvalue weighted by molar-refractivity contribution is 6.13. The van der Waals surface area contributed by atoms with Gasteiger partial charge in [-0.1, -0.05) is 159 Å². The van der Waals surface area contributed by atoms with Crippen molar-refractivity contribution in [3.8, 4) is 50.6 Å². The molecular formula is C64H42N2O3. The van der Waals surface area contributed by atoms with Gasteiger partial charge in [0, 0.05) is 73.3 Å². The van der Waals surface area contributed by atoms with E-state index in [2.05, 4.69) is 217 Å². The van der Waals surface area contributed by atoms with Gasteiger partial charge in [0.25, 0.3) is 0 Å². The third kappa shape index (κ3) is 6.63. The normalized spacial score (nSPS) is 12.3. The van der Waals surface area contributed by atoms with Crippen LogP contribution < -0.4 is 19.3 Å². The third-order valence-corrected chi connectivity index (χ3v) is 13.4. The number of ether oxygens (including phenoxy) is 2. The lowest BCUT2D eigenvalue weighted by molar-refractivity contribution is 0.471. The standard InChI is InChI=1S/C64H42N2O3/c1-41-49-35-33-47(65(45-23-11-5-12-24-45)56-31-16-15-27-50(56)43-19-7-3-8-20-43)39-59(49)68-58-38-37-53-52-36-34-48(40-60(52)67-42(2)62(53)61(41)58)66(46-25-13-6-14-26-46)57-32-18-30-55-54-29-17-28-51(63(54)69-64(55)57)44-21-9-4-10-22-44/h3-40H,1-2H2. The van der Waals surface area contributed by atoms with Crippen molar-refractivity contribution in [1.29, 1.82) is 0 Å². The van der Waals surface area contributed by atoms with Gasteiger partial charge in [0.2, 0.25) is 0 Å². The van der Waals surface area contributed by atoms with Gasteiger partial charge in [-0.05, 0) is 95.1 Å². The van der Waals surface area contributed by atoms with Crippen LogP contribution in [0.2, 0.25) is 0 Å². The minimum absolute atomic E-state index is 0.531. The molecule has 0 unspecified atom stereocenters.